The molecule has 3 nitrogen and oxygen atoms in total. The molecule has 0 aliphatic carbocycles. The monoisotopic (exact) mass is 253 g/mol. The number of benzene rings is 1. The van der Waals surface area contributed by atoms with E-state index in [0.29, 0.717) is 0 Å². The first-order valence-electron chi connectivity index (χ1n) is 6.13. The average Bonchev–Trinajstić information content (AvgIpc) is 2.46. The van der Waals surface area contributed by atoms with Crippen molar-refractivity contribution < 1.29 is 9.36 Å². The molecule has 96 valence electrons. The van der Waals surface area contributed by atoms with Gasteiger partial charge in [-0.05, 0) is 23.3 Å². The molecular weight excluding hydrogens is 236 g/mol. The van der Waals surface area contributed by atoms with Crippen molar-refractivity contribution in [2.75, 3.05) is 14.1 Å². The van der Waals surface area contributed by atoms with Crippen molar-refractivity contribution in [3.63, 3.8) is 0 Å². The second-order valence-electron chi connectivity index (χ2n) is 4.46. The summed E-state index contributed by atoms with van der Waals surface area (Å²) >= 11 is 0. The second-order valence-corrected chi connectivity index (χ2v) is 4.46. The van der Waals surface area contributed by atoms with Crippen molar-refractivity contribution in [1.29, 1.82) is 0 Å². The predicted octanol–water partition coefficient (Wildman–Crippen LogP) is 2.67. The number of pyridine rings is 1. The Bertz CT molecular complexity index is 571. The van der Waals surface area contributed by atoms with E-state index in [2.05, 4.69) is 12.1 Å². The van der Waals surface area contributed by atoms with E-state index in [1.165, 1.54) is 0 Å². The molecule has 0 saturated carbocycles. The molecule has 1 aromatic carbocycles. The molecule has 1 heterocycles. The molecule has 2 aromatic rings. The van der Waals surface area contributed by atoms with Crippen LogP contribution in [-0.2, 0) is 0 Å². The molecule has 0 aliphatic rings. The zero-order valence-corrected chi connectivity index (χ0v) is 11.2. The molecule has 3 heteroatoms. The van der Waals surface area contributed by atoms with Gasteiger partial charge in [0.1, 0.15) is 0 Å². The lowest BCUT2D eigenvalue weighted by atomic mass is 10.1. The standard InChI is InChI=1S/C16H17N2O/c1-17(2)16(19)18-12-10-15(11-13-18)9-8-14-6-4-3-5-7-14/h3-13H,1-2H3/q+1. The summed E-state index contributed by atoms with van der Waals surface area (Å²) in [6.07, 6.45) is 7.62. The van der Waals surface area contributed by atoms with Crippen molar-refractivity contribution in [1.82, 2.24) is 4.90 Å². The molecule has 0 bridgehead atoms. The fourth-order valence-corrected chi connectivity index (χ4v) is 1.66. The summed E-state index contributed by atoms with van der Waals surface area (Å²) in [6, 6.07) is 13.9. The zero-order valence-electron chi connectivity index (χ0n) is 11.2. The predicted molar refractivity (Wildman–Crippen MR) is 76.5 cm³/mol. The zero-order chi connectivity index (χ0) is 13.7. The van der Waals surface area contributed by atoms with Gasteiger partial charge in [0.25, 0.3) is 0 Å². The summed E-state index contributed by atoms with van der Waals surface area (Å²) in [5.74, 6) is 0. The van der Waals surface area contributed by atoms with E-state index in [9.17, 15) is 4.79 Å². The SMILES string of the molecule is CN(C)C(=O)[n+]1ccc(C=Cc2ccccc2)cc1. The Morgan fingerprint density at radius 3 is 2.00 bits per heavy atom. The second kappa shape index (κ2) is 5.96. The maximum absolute atomic E-state index is 11.7. The molecule has 0 saturated heterocycles. The first-order valence-corrected chi connectivity index (χ1v) is 6.13. The van der Waals surface area contributed by atoms with Gasteiger partial charge in [0.05, 0.1) is 26.5 Å². The third-order valence-corrected chi connectivity index (χ3v) is 2.73. The molecule has 19 heavy (non-hydrogen) atoms. The van der Waals surface area contributed by atoms with Gasteiger partial charge >= 0.3 is 6.03 Å². The quantitative estimate of drug-likeness (QED) is 0.755. The lowest BCUT2D eigenvalue weighted by Crippen LogP contribution is -2.48. The molecule has 2 rings (SSSR count). The van der Waals surface area contributed by atoms with Crippen molar-refractivity contribution in [2.24, 2.45) is 0 Å². The molecule has 0 radical (unpaired) electrons. The van der Waals surface area contributed by atoms with Crippen molar-refractivity contribution in [2.45, 2.75) is 0 Å². The van der Waals surface area contributed by atoms with Crippen LogP contribution < -0.4 is 4.57 Å². The number of nitrogens with zero attached hydrogens (tertiary/aromatic N) is 2. The van der Waals surface area contributed by atoms with Gasteiger partial charge in [-0.2, -0.15) is 9.36 Å². The van der Waals surface area contributed by atoms with E-state index in [1.807, 2.05) is 42.5 Å². The van der Waals surface area contributed by atoms with Gasteiger partial charge in [-0.1, -0.05) is 42.5 Å². The van der Waals surface area contributed by atoms with Crippen LogP contribution in [0.25, 0.3) is 12.2 Å². The summed E-state index contributed by atoms with van der Waals surface area (Å²) in [5.41, 5.74) is 2.22. The van der Waals surface area contributed by atoms with Crippen LogP contribution in [0.3, 0.4) is 0 Å². The fraction of sp³-hybridized carbons (Fsp3) is 0.125. The minimum atomic E-state index is -0.0569. The first kappa shape index (κ1) is 13.0. The van der Waals surface area contributed by atoms with Gasteiger partial charge in [0.15, 0.2) is 0 Å². The first-order chi connectivity index (χ1) is 9.16. The number of rotatable bonds is 2. The molecule has 1 amide bonds. The Hall–Kier alpha value is -2.42. The molecule has 0 spiro atoms. The summed E-state index contributed by atoms with van der Waals surface area (Å²) in [7, 11) is 3.47. The average molecular weight is 253 g/mol. The highest BCUT2D eigenvalue weighted by Gasteiger charge is 2.14. The van der Waals surface area contributed by atoms with E-state index >= 15 is 0 Å². The number of carbonyl (C=O) groups excluding carboxylic acids is 1. The molecule has 0 fully saturated rings. The van der Waals surface area contributed by atoms with Crippen LogP contribution in [-0.4, -0.2) is 25.0 Å². The molecule has 0 atom stereocenters. The van der Waals surface area contributed by atoms with Crippen LogP contribution in [0.4, 0.5) is 4.79 Å². The Morgan fingerprint density at radius 2 is 1.47 bits per heavy atom. The van der Waals surface area contributed by atoms with E-state index < -0.39 is 0 Å². The number of aromatic nitrogens is 1. The topological polar surface area (TPSA) is 24.2 Å². The third-order valence-electron chi connectivity index (χ3n) is 2.73. The van der Waals surface area contributed by atoms with Crippen LogP contribution in [0.1, 0.15) is 11.1 Å². The van der Waals surface area contributed by atoms with E-state index in [1.54, 1.807) is 36.0 Å². The minimum absolute atomic E-state index is 0.0569. The number of hydrogen-bond donors (Lipinski definition) is 0. The van der Waals surface area contributed by atoms with E-state index in [4.69, 9.17) is 0 Å². The van der Waals surface area contributed by atoms with Crippen LogP contribution in [0.15, 0.2) is 54.9 Å². The largest absolute Gasteiger partial charge is 0.497 e. The van der Waals surface area contributed by atoms with Gasteiger partial charge in [0.2, 0.25) is 0 Å². The molecule has 1 aromatic heterocycles. The Labute approximate surface area is 113 Å². The van der Waals surface area contributed by atoms with E-state index in [0.717, 1.165) is 11.1 Å². The van der Waals surface area contributed by atoms with Crippen LogP contribution in [0, 0.1) is 0 Å². The van der Waals surface area contributed by atoms with E-state index in [-0.39, 0.29) is 6.03 Å². The summed E-state index contributed by atoms with van der Waals surface area (Å²) in [5, 5.41) is 0. The van der Waals surface area contributed by atoms with Crippen LogP contribution in [0.2, 0.25) is 0 Å². The smallest absolute Gasteiger partial charge is 0.231 e. The molecule has 0 unspecified atom stereocenters. The normalized spacial score (nSPS) is 10.6. The van der Waals surface area contributed by atoms with Gasteiger partial charge in [-0.3, -0.25) is 0 Å². The van der Waals surface area contributed by atoms with Crippen LogP contribution in [0.5, 0.6) is 0 Å². The lowest BCUT2D eigenvalue weighted by molar-refractivity contribution is -0.577. The molecule has 0 aliphatic heterocycles. The summed E-state index contributed by atoms with van der Waals surface area (Å²) in [4.78, 5) is 13.2. The van der Waals surface area contributed by atoms with Crippen molar-refractivity contribution >= 4 is 18.2 Å². The van der Waals surface area contributed by atoms with Gasteiger partial charge < -0.3 is 0 Å². The summed E-state index contributed by atoms with van der Waals surface area (Å²) in [6.45, 7) is 0. The lowest BCUT2D eigenvalue weighted by Gasteiger charge is -2.02. The van der Waals surface area contributed by atoms with Gasteiger partial charge in [0, 0.05) is 0 Å². The van der Waals surface area contributed by atoms with Crippen molar-refractivity contribution in [3.05, 3.63) is 66.0 Å². The highest BCUT2D eigenvalue weighted by molar-refractivity contribution is 5.69. The molecular formula is C16H17N2O+. The third kappa shape index (κ3) is 3.52. The summed E-state index contributed by atoms with van der Waals surface area (Å²) < 4.78 is 1.56. The van der Waals surface area contributed by atoms with Gasteiger partial charge in [-0.25, -0.2) is 4.90 Å². The van der Waals surface area contributed by atoms with Crippen molar-refractivity contribution in [3.8, 4) is 0 Å². The molecule has 0 N–H and O–H groups in total. The Morgan fingerprint density at radius 1 is 0.947 bits per heavy atom. The number of carbonyl (C=O) groups is 1. The Balaban J connectivity index is 2.11. The minimum Gasteiger partial charge on any atom is -0.231 e. The number of hydrogen-bond acceptors (Lipinski definition) is 1. The highest BCUT2D eigenvalue weighted by Crippen LogP contribution is 2.06. The van der Waals surface area contributed by atoms with Gasteiger partial charge in [-0.15, -0.1) is 0 Å². The maximum atomic E-state index is 11.7. The van der Waals surface area contributed by atoms with Crippen LogP contribution >= 0.6 is 0 Å². The Kier molecular flexibility index (Phi) is 4.08. The highest BCUT2D eigenvalue weighted by atomic mass is 16.2. The fourth-order valence-electron chi connectivity index (χ4n) is 1.66. The maximum Gasteiger partial charge on any atom is 0.497 e. The number of amides is 1.